The van der Waals surface area contributed by atoms with Crippen molar-refractivity contribution in [2.45, 2.75) is 17.9 Å². The highest BCUT2D eigenvalue weighted by Gasteiger charge is 2.26. The molecule has 1 amide bonds. The third-order valence-corrected chi connectivity index (χ3v) is 5.84. The Morgan fingerprint density at radius 3 is 2.39 bits per heavy atom. The number of carbonyl (C=O) groups excluding carboxylic acids is 1. The number of hydrogen-bond donors (Lipinski definition) is 0. The van der Waals surface area contributed by atoms with Gasteiger partial charge in [0.15, 0.2) is 9.84 Å². The molecule has 2 aromatic rings. The Kier molecular flexibility index (Phi) is 4.41. The lowest BCUT2D eigenvalue weighted by Crippen LogP contribution is -2.39. The highest BCUT2D eigenvalue weighted by Crippen LogP contribution is 2.20. The Morgan fingerprint density at radius 2 is 1.70 bits per heavy atom. The molecular weight excluding hydrogens is 334 g/mol. The van der Waals surface area contributed by atoms with E-state index < -0.39 is 15.6 Å². The van der Waals surface area contributed by atoms with E-state index in [0.29, 0.717) is 18.1 Å². The zero-order valence-electron chi connectivity index (χ0n) is 12.4. The largest absolute Gasteiger partial charge is 0.337 e. The molecule has 2 aromatic carbocycles. The summed E-state index contributed by atoms with van der Waals surface area (Å²) in [5.41, 5.74) is 2.30. The molecule has 0 radical (unpaired) electrons. The van der Waals surface area contributed by atoms with Gasteiger partial charge in [0.25, 0.3) is 0 Å². The summed E-state index contributed by atoms with van der Waals surface area (Å²) in [6.45, 7) is 1.01. The summed E-state index contributed by atoms with van der Waals surface area (Å²) >= 11 is 5.77. The maximum atomic E-state index is 12.4. The zero-order valence-corrected chi connectivity index (χ0v) is 14.0. The molecule has 3 rings (SSSR count). The van der Waals surface area contributed by atoms with Crippen molar-refractivity contribution in [2.24, 2.45) is 0 Å². The van der Waals surface area contributed by atoms with Crippen LogP contribution in [-0.2, 0) is 27.6 Å². The van der Waals surface area contributed by atoms with Crippen LogP contribution in [0.15, 0.2) is 53.4 Å². The standard InChI is InChI=1S/C17H16ClNO3S/c18-15-5-7-16(8-6-15)23(21,22)12-17(20)19-10-9-13-3-1-2-4-14(13)11-19/h1-8H,9-12H2. The van der Waals surface area contributed by atoms with Crippen LogP contribution in [0.25, 0.3) is 0 Å². The molecule has 1 aliphatic rings. The summed E-state index contributed by atoms with van der Waals surface area (Å²) in [5, 5.41) is 0.461. The Labute approximate surface area is 140 Å². The monoisotopic (exact) mass is 349 g/mol. The van der Waals surface area contributed by atoms with Crippen molar-refractivity contribution < 1.29 is 13.2 Å². The molecule has 1 heterocycles. The maximum absolute atomic E-state index is 12.4. The lowest BCUT2D eigenvalue weighted by molar-refractivity contribution is -0.129. The quantitative estimate of drug-likeness (QED) is 0.856. The van der Waals surface area contributed by atoms with Crippen LogP contribution in [0.1, 0.15) is 11.1 Å². The summed E-state index contributed by atoms with van der Waals surface area (Å²) in [6, 6.07) is 13.8. The molecule has 0 spiro atoms. The van der Waals surface area contributed by atoms with Gasteiger partial charge in [-0.25, -0.2) is 8.42 Å². The topological polar surface area (TPSA) is 54.5 Å². The van der Waals surface area contributed by atoms with Crippen LogP contribution in [0.5, 0.6) is 0 Å². The van der Waals surface area contributed by atoms with Crippen LogP contribution in [0, 0.1) is 0 Å². The Balaban J connectivity index is 1.73. The smallest absolute Gasteiger partial charge is 0.238 e. The van der Waals surface area contributed by atoms with Crippen molar-refractivity contribution in [3.05, 3.63) is 64.7 Å². The molecule has 0 atom stereocenters. The van der Waals surface area contributed by atoms with Gasteiger partial charge in [-0.05, 0) is 41.8 Å². The van der Waals surface area contributed by atoms with Crippen LogP contribution < -0.4 is 0 Å². The van der Waals surface area contributed by atoms with Crippen molar-refractivity contribution in [2.75, 3.05) is 12.3 Å². The molecule has 120 valence electrons. The van der Waals surface area contributed by atoms with Gasteiger partial charge in [0, 0.05) is 18.1 Å². The molecule has 0 saturated carbocycles. The van der Waals surface area contributed by atoms with Gasteiger partial charge in [-0.3, -0.25) is 4.79 Å². The molecule has 4 nitrogen and oxygen atoms in total. The zero-order chi connectivity index (χ0) is 16.4. The first-order valence-corrected chi connectivity index (χ1v) is 9.31. The number of hydrogen-bond acceptors (Lipinski definition) is 3. The summed E-state index contributed by atoms with van der Waals surface area (Å²) in [7, 11) is -3.65. The SMILES string of the molecule is O=C(CS(=O)(=O)c1ccc(Cl)cc1)N1CCc2ccccc2C1. The van der Waals surface area contributed by atoms with Gasteiger partial charge >= 0.3 is 0 Å². The van der Waals surface area contributed by atoms with E-state index in [1.807, 2.05) is 24.3 Å². The number of fused-ring (bicyclic) bond motifs is 1. The Hall–Kier alpha value is -1.85. The molecule has 0 bridgehead atoms. The predicted molar refractivity (Wildman–Crippen MR) is 89.1 cm³/mol. The molecule has 0 saturated heterocycles. The third kappa shape index (κ3) is 3.57. The highest BCUT2D eigenvalue weighted by atomic mass is 35.5. The second kappa shape index (κ2) is 6.34. The Bertz CT molecular complexity index is 831. The number of carbonyl (C=O) groups is 1. The van der Waals surface area contributed by atoms with Crippen LogP contribution >= 0.6 is 11.6 Å². The van der Waals surface area contributed by atoms with E-state index in [2.05, 4.69) is 0 Å². The minimum absolute atomic E-state index is 0.118. The van der Waals surface area contributed by atoms with E-state index in [0.717, 1.165) is 12.0 Å². The van der Waals surface area contributed by atoms with Crippen molar-refractivity contribution in [3.63, 3.8) is 0 Å². The molecular formula is C17H16ClNO3S. The predicted octanol–water partition coefficient (Wildman–Crippen LogP) is 2.70. The van der Waals surface area contributed by atoms with E-state index in [1.165, 1.54) is 29.8 Å². The van der Waals surface area contributed by atoms with Gasteiger partial charge in [-0.2, -0.15) is 0 Å². The first-order chi connectivity index (χ1) is 11.0. The van der Waals surface area contributed by atoms with E-state index >= 15 is 0 Å². The normalized spacial score (nSPS) is 14.4. The van der Waals surface area contributed by atoms with Crippen molar-refractivity contribution >= 4 is 27.3 Å². The number of sulfone groups is 1. The lowest BCUT2D eigenvalue weighted by atomic mass is 10.00. The average molecular weight is 350 g/mol. The molecule has 6 heteroatoms. The second-order valence-corrected chi connectivity index (χ2v) is 7.97. The fourth-order valence-electron chi connectivity index (χ4n) is 2.69. The lowest BCUT2D eigenvalue weighted by Gasteiger charge is -2.28. The maximum Gasteiger partial charge on any atom is 0.238 e. The molecule has 23 heavy (non-hydrogen) atoms. The second-order valence-electron chi connectivity index (χ2n) is 5.55. The van der Waals surface area contributed by atoms with Gasteiger partial charge in [-0.1, -0.05) is 35.9 Å². The van der Waals surface area contributed by atoms with Gasteiger partial charge in [0.1, 0.15) is 5.75 Å². The number of benzene rings is 2. The number of nitrogens with zero attached hydrogens (tertiary/aromatic N) is 1. The molecule has 0 unspecified atom stereocenters. The average Bonchev–Trinajstić information content (AvgIpc) is 2.54. The van der Waals surface area contributed by atoms with E-state index in [-0.39, 0.29) is 10.8 Å². The minimum Gasteiger partial charge on any atom is -0.337 e. The van der Waals surface area contributed by atoms with E-state index in [9.17, 15) is 13.2 Å². The summed E-state index contributed by atoms with van der Waals surface area (Å²) in [5.74, 6) is -0.883. The van der Waals surface area contributed by atoms with Gasteiger partial charge < -0.3 is 4.90 Å². The van der Waals surface area contributed by atoms with Gasteiger partial charge in [0.05, 0.1) is 4.90 Å². The fourth-order valence-corrected chi connectivity index (χ4v) is 4.04. The van der Waals surface area contributed by atoms with Crippen LogP contribution in [0.2, 0.25) is 5.02 Å². The van der Waals surface area contributed by atoms with Gasteiger partial charge in [0.2, 0.25) is 5.91 Å². The fraction of sp³-hybridized carbons (Fsp3) is 0.235. The minimum atomic E-state index is -3.65. The molecule has 1 aliphatic heterocycles. The number of amides is 1. The van der Waals surface area contributed by atoms with Crippen LogP contribution in [-0.4, -0.2) is 31.5 Å². The summed E-state index contributed by atoms with van der Waals surface area (Å²) in [6.07, 6.45) is 0.753. The van der Waals surface area contributed by atoms with Gasteiger partial charge in [-0.15, -0.1) is 0 Å². The number of halogens is 1. The van der Waals surface area contributed by atoms with Crippen molar-refractivity contribution in [1.29, 1.82) is 0 Å². The van der Waals surface area contributed by atoms with E-state index in [1.54, 1.807) is 4.90 Å². The molecule has 0 aliphatic carbocycles. The number of rotatable bonds is 3. The molecule has 0 aromatic heterocycles. The highest BCUT2D eigenvalue weighted by molar-refractivity contribution is 7.92. The molecule has 0 N–H and O–H groups in total. The summed E-state index contributed by atoms with van der Waals surface area (Å²) < 4.78 is 24.7. The first kappa shape index (κ1) is 16.0. The first-order valence-electron chi connectivity index (χ1n) is 7.28. The van der Waals surface area contributed by atoms with Crippen LogP contribution in [0.3, 0.4) is 0 Å². The summed E-state index contributed by atoms with van der Waals surface area (Å²) in [4.78, 5) is 14.1. The molecule has 0 fully saturated rings. The third-order valence-electron chi connectivity index (χ3n) is 3.97. The Morgan fingerprint density at radius 1 is 1.04 bits per heavy atom. The van der Waals surface area contributed by atoms with E-state index in [4.69, 9.17) is 11.6 Å². The van der Waals surface area contributed by atoms with Crippen molar-refractivity contribution in [3.8, 4) is 0 Å². The van der Waals surface area contributed by atoms with Crippen LogP contribution in [0.4, 0.5) is 0 Å². The van der Waals surface area contributed by atoms with Crippen molar-refractivity contribution in [1.82, 2.24) is 4.90 Å².